The molecule has 1 aliphatic carbocycles. The molecule has 0 amide bonds. The molecule has 2 aliphatic rings. The van der Waals surface area contributed by atoms with E-state index in [1.807, 2.05) is 0 Å². The monoisotopic (exact) mass is 282 g/mol. The summed E-state index contributed by atoms with van der Waals surface area (Å²) in [6.07, 6.45) is 5.69. The van der Waals surface area contributed by atoms with Gasteiger partial charge in [-0.2, -0.15) is 0 Å². The molecule has 0 spiro atoms. The molecular weight excluding hydrogens is 248 g/mol. The molecule has 118 valence electrons. The van der Waals surface area contributed by atoms with Crippen molar-refractivity contribution in [1.82, 2.24) is 9.80 Å². The summed E-state index contributed by atoms with van der Waals surface area (Å²) < 4.78 is 0. The first-order valence-corrected chi connectivity index (χ1v) is 8.37. The van der Waals surface area contributed by atoms with Gasteiger partial charge in [-0.3, -0.25) is 4.90 Å². The molecule has 1 saturated heterocycles. The molecule has 0 aromatic heterocycles. The standard InChI is InChI=1S/C17H34N2O/c1-17(2,3)13-6-7-16(20)15(12-13)19(5)14-8-10-18(4)11-9-14/h13-16,20H,6-12H2,1-5H3. The van der Waals surface area contributed by atoms with Crippen LogP contribution in [0, 0.1) is 11.3 Å². The van der Waals surface area contributed by atoms with Gasteiger partial charge in [-0.15, -0.1) is 0 Å². The average Bonchev–Trinajstić information content (AvgIpc) is 2.38. The summed E-state index contributed by atoms with van der Waals surface area (Å²) in [6.45, 7) is 9.44. The van der Waals surface area contributed by atoms with Crippen LogP contribution in [0.1, 0.15) is 52.9 Å². The maximum atomic E-state index is 10.5. The van der Waals surface area contributed by atoms with Crippen LogP contribution in [0.2, 0.25) is 0 Å². The lowest BCUT2D eigenvalue weighted by atomic mass is 9.69. The molecule has 3 atom stereocenters. The second kappa shape index (κ2) is 6.33. The molecule has 2 rings (SSSR count). The van der Waals surface area contributed by atoms with Gasteiger partial charge in [0.1, 0.15) is 0 Å². The van der Waals surface area contributed by atoms with Crippen LogP contribution in [0.5, 0.6) is 0 Å². The van der Waals surface area contributed by atoms with E-state index in [1.54, 1.807) is 0 Å². The number of hydrogen-bond acceptors (Lipinski definition) is 3. The van der Waals surface area contributed by atoms with Crippen LogP contribution in [-0.2, 0) is 0 Å². The quantitative estimate of drug-likeness (QED) is 0.843. The third-order valence-corrected chi connectivity index (χ3v) is 5.79. The van der Waals surface area contributed by atoms with Gasteiger partial charge in [0.05, 0.1) is 6.10 Å². The van der Waals surface area contributed by atoms with Crippen LogP contribution in [-0.4, -0.2) is 60.3 Å². The molecule has 20 heavy (non-hydrogen) atoms. The smallest absolute Gasteiger partial charge is 0.0695 e. The molecular formula is C17H34N2O. The first-order chi connectivity index (χ1) is 9.29. The molecule has 0 radical (unpaired) electrons. The van der Waals surface area contributed by atoms with E-state index in [1.165, 1.54) is 32.4 Å². The molecule has 0 aromatic carbocycles. The Balaban J connectivity index is 1.98. The van der Waals surface area contributed by atoms with E-state index in [4.69, 9.17) is 0 Å². The highest BCUT2D eigenvalue weighted by atomic mass is 16.3. The van der Waals surface area contributed by atoms with Crippen molar-refractivity contribution in [3.63, 3.8) is 0 Å². The first kappa shape index (κ1) is 16.3. The van der Waals surface area contributed by atoms with Crippen molar-refractivity contribution in [2.45, 2.75) is 71.1 Å². The van der Waals surface area contributed by atoms with E-state index in [0.717, 1.165) is 18.8 Å². The van der Waals surface area contributed by atoms with Crippen LogP contribution in [0.15, 0.2) is 0 Å². The highest BCUT2D eigenvalue weighted by molar-refractivity contribution is 4.92. The number of piperidine rings is 1. The van der Waals surface area contributed by atoms with Crippen LogP contribution in [0.3, 0.4) is 0 Å². The van der Waals surface area contributed by atoms with Gasteiger partial charge in [-0.25, -0.2) is 0 Å². The molecule has 1 heterocycles. The minimum absolute atomic E-state index is 0.127. The Bertz CT molecular complexity index is 305. The Hall–Kier alpha value is -0.120. The molecule has 1 aliphatic heterocycles. The molecule has 3 nitrogen and oxygen atoms in total. The Morgan fingerprint density at radius 2 is 1.65 bits per heavy atom. The normalized spacial score (nSPS) is 34.6. The summed E-state index contributed by atoms with van der Waals surface area (Å²) in [5, 5.41) is 10.5. The molecule has 1 saturated carbocycles. The predicted molar refractivity (Wildman–Crippen MR) is 84.9 cm³/mol. The van der Waals surface area contributed by atoms with E-state index in [2.05, 4.69) is 44.7 Å². The number of likely N-dealkylation sites (tertiary alicyclic amines) is 1. The van der Waals surface area contributed by atoms with Crippen molar-refractivity contribution in [3.05, 3.63) is 0 Å². The molecule has 3 unspecified atom stereocenters. The molecule has 0 bridgehead atoms. The lowest BCUT2D eigenvalue weighted by Crippen LogP contribution is -2.53. The van der Waals surface area contributed by atoms with E-state index in [0.29, 0.717) is 17.5 Å². The zero-order chi connectivity index (χ0) is 14.9. The maximum Gasteiger partial charge on any atom is 0.0695 e. The number of likely N-dealkylation sites (N-methyl/N-ethyl adjacent to an activating group) is 1. The number of nitrogens with zero attached hydrogens (tertiary/aromatic N) is 2. The van der Waals surface area contributed by atoms with Gasteiger partial charge in [0, 0.05) is 12.1 Å². The summed E-state index contributed by atoms with van der Waals surface area (Å²) in [5.74, 6) is 0.740. The highest BCUT2D eigenvalue weighted by Gasteiger charge is 2.38. The highest BCUT2D eigenvalue weighted by Crippen LogP contribution is 2.40. The predicted octanol–water partition coefficient (Wildman–Crippen LogP) is 2.59. The van der Waals surface area contributed by atoms with Gasteiger partial charge in [-0.05, 0) is 70.6 Å². The van der Waals surface area contributed by atoms with Gasteiger partial charge in [0.15, 0.2) is 0 Å². The van der Waals surface area contributed by atoms with Crippen molar-refractivity contribution in [3.8, 4) is 0 Å². The summed E-state index contributed by atoms with van der Waals surface area (Å²) in [6, 6.07) is 1.02. The second-order valence-electron chi connectivity index (χ2n) is 8.21. The minimum atomic E-state index is -0.127. The third-order valence-electron chi connectivity index (χ3n) is 5.79. The fraction of sp³-hybridized carbons (Fsp3) is 1.00. The van der Waals surface area contributed by atoms with Crippen LogP contribution in [0.4, 0.5) is 0 Å². The lowest BCUT2D eigenvalue weighted by molar-refractivity contribution is -0.0308. The third kappa shape index (κ3) is 3.75. The van der Waals surface area contributed by atoms with Gasteiger partial charge < -0.3 is 10.0 Å². The zero-order valence-electron chi connectivity index (χ0n) is 14.1. The lowest BCUT2D eigenvalue weighted by Gasteiger charge is -2.47. The Morgan fingerprint density at radius 1 is 1.05 bits per heavy atom. The van der Waals surface area contributed by atoms with Crippen LogP contribution < -0.4 is 0 Å². The van der Waals surface area contributed by atoms with E-state index >= 15 is 0 Å². The molecule has 3 heteroatoms. The topological polar surface area (TPSA) is 26.7 Å². The van der Waals surface area contributed by atoms with Gasteiger partial charge in [-0.1, -0.05) is 20.8 Å². The minimum Gasteiger partial charge on any atom is -0.391 e. The second-order valence-corrected chi connectivity index (χ2v) is 8.21. The molecule has 2 fully saturated rings. The average molecular weight is 282 g/mol. The number of aliphatic hydroxyl groups is 1. The van der Waals surface area contributed by atoms with Crippen molar-refractivity contribution in [2.24, 2.45) is 11.3 Å². The summed E-state index contributed by atoms with van der Waals surface area (Å²) >= 11 is 0. The van der Waals surface area contributed by atoms with Crippen molar-refractivity contribution in [1.29, 1.82) is 0 Å². The number of rotatable bonds is 2. The molecule has 0 aromatic rings. The zero-order valence-corrected chi connectivity index (χ0v) is 14.1. The summed E-state index contributed by atoms with van der Waals surface area (Å²) in [7, 11) is 4.45. The maximum absolute atomic E-state index is 10.5. The molecule has 1 N–H and O–H groups in total. The fourth-order valence-electron chi connectivity index (χ4n) is 4.03. The SMILES string of the molecule is CN1CCC(N(C)C2CC(C(C)(C)C)CCC2O)CC1. The Morgan fingerprint density at radius 3 is 2.20 bits per heavy atom. The van der Waals surface area contributed by atoms with Crippen molar-refractivity contribution >= 4 is 0 Å². The Kier molecular flexibility index (Phi) is 5.14. The van der Waals surface area contributed by atoms with E-state index in [-0.39, 0.29) is 6.10 Å². The fourth-order valence-corrected chi connectivity index (χ4v) is 4.03. The number of aliphatic hydroxyl groups excluding tert-OH is 1. The van der Waals surface area contributed by atoms with Crippen molar-refractivity contribution < 1.29 is 5.11 Å². The van der Waals surface area contributed by atoms with Crippen molar-refractivity contribution in [2.75, 3.05) is 27.2 Å². The van der Waals surface area contributed by atoms with E-state index in [9.17, 15) is 5.11 Å². The van der Waals surface area contributed by atoms with Gasteiger partial charge in [0.25, 0.3) is 0 Å². The van der Waals surface area contributed by atoms with Crippen LogP contribution >= 0.6 is 0 Å². The largest absolute Gasteiger partial charge is 0.391 e. The van der Waals surface area contributed by atoms with Crippen LogP contribution in [0.25, 0.3) is 0 Å². The summed E-state index contributed by atoms with van der Waals surface area (Å²) in [4.78, 5) is 4.93. The number of hydrogen-bond donors (Lipinski definition) is 1. The Labute approximate surface area is 125 Å². The summed E-state index contributed by atoms with van der Waals surface area (Å²) in [5.41, 5.74) is 0.367. The van der Waals surface area contributed by atoms with E-state index < -0.39 is 0 Å². The van der Waals surface area contributed by atoms with Gasteiger partial charge >= 0.3 is 0 Å². The van der Waals surface area contributed by atoms with Gasteiger partial charge in [0.2, 0.25) is 0 Å². The first-order valence-electron chi connectivity index (χ1n) is 8.37.